The van der Waals surface area contributed by atoms with E-state index in [0.29, 0.717) is 37.7 Å². The maximum absolute atomic E-state index is 12.9. The van der Waals surface area contributed by atoms with Crippen LogP contribution in [0.1, 0.15) is 59.3 Å². The van der Waals surface area contributed by atoms with Gasteiger partial charge in [-0.25, -0.2) is 8.42 Å². The molecular formula is C20H35N3O3S. The van der Waals surface area contributed by atoms with E-state index >= 15 is 0 Å². The van der Waals surface area contributed by atoms with Gasteiger partial charge in [0.15, 0.2) is 15.8 Å². The summed E-state index contributed by atoms with van der Waals surface area (Å²) < 4.78 is 31.2. The first-order chi connectivity index (χ1) is 12.8. The van der Waals surface area contributed by atoms with Crippen molar-refractivity contribution in [2.24, 2.45) is 16.3 Å². The third-order valence-corrected chi connectivity index (χ3v) is 10.1. The molecule has 3 atom stereocenters. The lowest BCUT2D eigenvalue weighted by Crippen LogP contribution is -2.69. The van der Waals surface area contributed by atoms with Crippen molar-refractivity contribution in [1.82, 2.24) is 10.2 Å². The van der Waals surface area contributed by atoms with Gasteiger partial charge in [0.2, 0.25) is 0 Å². The van der Waals surface area contributed by atoms with Gasteiger partial charge >= 0.3 is 0 Å². The summed E-state index contributed by atoms with van der Waals surface area (Å²) in [6.07, 6.45) is 6.25. The Bertz CT molecular complexity index is 697. The van der Waals surface area contributed by atoms with E-state index in [1.54, 1.807) is 0 Å². The molecule has 27 heavy (non-hydrogen) atoms. The normalized spacial score (nSPS) is 36.9. The van der Waals surface area contributed by atoms with Gasteiger partial charge in [-0.15, -0.1) is 0 Å². The highest BCUT2D eigenvalue weighted by atomic mass is 32.2. The minimum atomic E-state index is -3.03. The Hall–Kier alpha value is -0.820. The molecule has 7 heteroatoms. The average molecular weight is 398 g/mol. The first kappa shape index (κ1) is 19.5. The van der Waals surface area contributed by atoms with Crippen molar-refractivity contribution in [2.45, 2.75) is 76.2 Å². The summed E-state index contributed by atoms with van der Waals surface area (Å²) in [4.78, 5) is 7.00. The molecule has 0 radical (unpaired) electrons. The van der Waals surface area contributed by atoms with Crippen molar-refractivity contribution >= 4 is 15.8 Å². The molecule has 3 unspecified atom stereocenters. The number of guanidine groups is 1. The number of fused-ring (bicyclic) bond motifs is 1. The number of rotatable bonds is 2. The van der Waals surface area contributed by atoms with E-state index in [9.17, 15) is 8.42 Å². The molecule has 1 N–H and O–H groups in total. The fraction of sp³-hybridized carbons (Fsp3) is 0.950. The molecular weight excluding hydrogens is 362 g/mol. The van der Waals surface area contributed by atoms with Gasteiger partial charge in [-0.2, -0.15) is 0 Å². The van der Waals surface area contributed by atoms with Crippen LogP contribution in [0.25, 0.3) is 0 Å². The van der Waals surface area contributed by atoms with Crippen LogP contribution in [0.4, 0.5) is 0 Å². The lowest BCUT2D eigenvalue weighted by molar-refractivity contribution is -0.107. The average Bonchev–Trinajstić information content (AvgIpc) is 3.09. The summed E-state index contributed by atoms with van der Waals surface area (Å²) in [5.41, 5.74) is 0.0834. The molecule has 0 aromatic carbocycles. The highest BCUT2D eigenvalue weighted by molar-refractivity contribution is 7.92. The van der Waals surface area contributed by atoms with E-state index < -0.39 is 14.6 Å². The van der Waals surface area contributed by atoms with E-state index in [0.717, 1.165) is 51.1 Å². The van der Waals surface area contributed by atoms with Crippen LogP contribution in [0.2, 0.25) is 0 Å². The molecule has 2 saturated heterocycles. The number of nitrogens with one attached hydrogen (secondary N) is 1. The van der Waals surface area contributed by atoms with Crippen molar-refractivity contribution in [3.63, 3.8) is 0 Å². The maximum Gasteiger partial charge on any atom is 0.194 e. The quantitative estimate of drug-likeness (QED) is 0.571. The molecule has 154 valence electrons. The summed E-state index contributed by atoms with van der Waals surface area (Å²) >= 11 is 0. The molecule has 2 saturated carbocycles. The fourth-order valence-corrected chi connectivity index (χ4v) is 8.12. The van der Waals surface area contributed by atoms with Gasteiger partial charge in [0.05, 0.1) is 16.6 Å². The van der Waals surface area contributed by atoms with Crippen molar-refractivity contribution < 1.29 is 13.2 Å². The lowest BCUT2D eigenvalue weighted by atomic mass is 9.57. The van der Waals surface area contributed by atoms with Crippen LogP contribution in [-0.2, 0) is 14.6 Å². The highest BCUT2D eigenvalue weighted by Gasteiger charge is 2.60. The Morgan fingerprint density at radius 1 is 1.26 bits per heavy atom. The zero-order valence-electron chi connectivity index (χ0n) is 17.0. The number of hydrogen-bond acceptors (Lipinski definition) is 4. The van der Waals surface area contributed by atoms with Crippen molar-refractivity contribution in [1.29, 1.82) is 0 Å². The Kier molecular flexibility index (Phi) is 4.98. The number of ether oxygens (including phenoxy) is 1. The zero-order valence-corrected chi connectivity index (χ0v) is 17.9. The monoisotopic (exact) mass is 397 g/mol. The van der Waals surface area contributed by atoms with Gasteiger partial charge in [0.1, 0.15) is 0 Å². The van der Waals surface area contributed by atoms with Gasteiger partial charge in [0, 0.05) is 43.6 Å². The zero-order chi connectivity index (χ0) is 19.3. The van der Waals surface area contributed by atoms with Gasteiger partial charge in [0.25, 0.3) is 0 Å². The summed E-state index contributed by atoms with van der Waals surface area (Å²) in [5.74, 6) is 1.70. The molecule has 4 fully saturated rings. The second kappa shape index (κ2) is 6.90. The Balaban J connectivity index is 1.53. The Morgan fingerprint density at radius 2 is 2.00 bits per heavy atom. The number of hydrogen-bond donors (Lipinski definition) is 1. The fourth-order valence-electron chi connectivity index (χ4n) is 5.96. The number of nitrogens with zero attached hydrogens (tertiary/aromatic N) is 2. The van der Waals surface area contributed by atoms with Crippen LogP contribution < -0.4 is 5.32 Å². The smallest absolute Gasteiger partial charge is 0.194 e. The summed E-state index contributed by atoms with van der Waals surface area (Å²) in [6, 6.07) is 0.344. The molecule has 4 aliphatic rings. The minimum absolute atomic E-state index is 0.0834. The third kappa shape index (κ3) is 3.09. The first-order valence-electron chi connectivity index (χ1n) is 10.7. The van der Waals surface area contributed by atoms with Crippen molar-refractivity contribution in [3.05, 3.63) is 0 Å². The molecule has 2 heterocycles. The molecule has 4 rings (SSSR count). The predicted octanol–water partition coefficient (Wildman–Crippen LogP) is 2.20. The molecule has 2 aliphatic heterocycles. The lowest BCUT2D eigenvalue weighted by Gasteiger charge is -2.56. The van der Waals surface area contributed by atoms with E-state index in [4.69, 9.17) is 9.73 Å². The van der Waals surface area contributed by atoms with E-state index in [-0.39, 0.29) is 11.2 Å². The van der Waals surface area contributed by atoms with E-state index in [1.165, 1.54) is 0 Å². The van der Waals surface area contributed by atoms with Crippen LogP contribution in [0, 0.1) is 11.3 Å². The highest BCUT2D eigenvalue weighted by Crippen LogP contribution is 2.52. The summed E-state index contributed by atoms with van der Waals surface area (Å²) in [7, 11) is -3.03. The second-order valence-electron chi connectivity index (χ2n) is 9.47. The minimum Gasteiger partial charge on any atom is -0.377 e. The Labute approximate surface area is 164 Å². The Morgan fingerprint density at radius 3 is 2.70 bits per heavy atom. The van der Waals surface area contributed by atoms with Crippen LogP contribution >= 0.6 is 0 Å². The standard InChI is InChI=1S/C20H35N3O3S/c1-4-21-18(22-16-15-8-12-26-17(15)19(16,2)3)23-11-13-27(24,25)20(14-23)9-6-5-7-10-20/h15-17H,4-14H2,1-3H3,(H,21,22). The van der Waals surface area contributed by atoms with E-state index in [1.807, 2.05) is 6.92 Å². The molecule has 0 amide bonds. The molecule has 0 aromatic rings. The molecule has 0 aromatic heterocycles. The molecule has 0 bridgehead atoms. The number of aliphatic imine (C=N–C) groups is 1. The van der Waals surface area contributed by atoms with Crippen LogP contribution in [-0.4, -0.2) is 68.2 Å². The van der Waals surface area contributed by atoms with E-state index in [2.05, 4.69) is 24.1 Å². The topological polar surface area (TPSA) is 71.0 Å². The largest absolute Gasteiger partial charge is 0.377 e. The first-order valence-corrected chi connectivity index (χ1v) is 12.4. The van der Waals surface area contributed by atoms with Crippen LogP contribution in [0.15, 0.2) is 4.99 Å². The van der Waals surface area contributed by atoms with Gasteiger partial charge < -0.3 is 15.0 Å². The molecule has 6 nitrogen and oxygen atoms in total. The molecule has 1 spiro atoms. The van der Waals surface area contributed by atoms with Crippen molar-refractivity contribution in [2.75, 3.05) is 32.0 Å². The summed E-state index contributed by atoms with van der Waals surface area (Å²) in [6.45, 7) is 9.28. The SMILES string of the molecule is CCN=C(NC1C2CCOC2C1(C)C)N1CCS(=O)(=O)C2(CCCCC2)C1. The molecule has 2 aliphatic carbocycles. The van der Waals surface area contributed by atoms with Gasteiger partial charge in [-0.05, 0) is 26.2 Å². The van der Waals surface area contributed by atoms with Gasteiger partial charge in [-0.3, -0.25) is 4.99 Å². The summed E-state index contributed by atoms with van der Waals surface area (Å²) in [5, 5.41) is 3.74. The number of sulfone groups is 1. The predicted molar refractivity (Wildman–Crippen MR) is 108 cm³/mol. The van der Waals surface area contributed by atoms with Crippen LogP contribution in [0.3, 0.4) is 0 Å². The van der Waals surface area contributed by atoms with Gasteiger partial charge in [-0.1, -0.05) is 33.1 Å². The second-order valence-corrected chi connectivity index (χ2v) is 12.0. The van der Waals surface area contributed by atoms with Crippen molar-refractivity contribution in [3.8, 4) is 0 Å². The maximum atomic E-state index is 12.9. The third-order valence-electron chi connectivity index (χ3n) is 7.53. The van der Waals surface area contributed by atoms with Crippen LogP contribution in [0.5, 0.6) is 0 Å².